The van der Waals surface area contributed by atoms with Crippen molar-refractivity contribution in [3.05, 3.63) is 30.1 Å². The fraction of sp³-hybridized carbons (Fsp3) is 0.706. The SMILES string of the molecule is CN(Cc1cccnc1)[C@H]1CC[C@H](C(C)(C)C)CC1. The molecule has 2 heteroatoms. The van der Waals surface area contributed by atoms with Crippen LogP contribution < -0.4 is 0 Å². The van der Waals surface area contributed by atoms with Gasteiger partial charge in [-0.1, -0.05) is 26.8 Å². The minimum Gasteiger partial charge on any atom is -0.299 e. The zero-order chi connectivity index (χ0) is 13.9. The zero-order valence-corrected chi connectivity index (χ0v) is 12.9. The molecule has 1 aromatic heterocycles. The van der Waals surface area contributed by atoms with Gasteiger partial charge in [0.1, 0.15) is 0 Å². The third kappa shape index (κ3) is 4.04. The lowest BCUT2D eigenvalue weighted by molar-refractivity contribution is 0.107. The molecule has 1 aliphatic carbocycles. The molecule has 0 N–H and O–H groups in total. The Bertz CT molecular complexity index is 372. The number of nitrogens with zero attached hydrogens (tertiary/aromatic N) is 2. The molecule has 0 saturated heterocycles. The maximum atomic E-state index is 4.20. The largest absolute Gasteiger partial charge is 0.299 e. The van der Waals surface area contributed by atoms with Crippen LogP contribution in [0.1, 0.15) is 52.0 Å². The summed E-state index contributed by atoms with van der Waals surface area (Å²) in [4.78, 5) is 6.71. The summed E-state index contributed by atoms with van der Waals surface area (Å²) in [6.45, 7) is 8.19. The molecule has 2 rings (SSSR count). The van der Waals surface area contributed by atoms with Crippen molar-refractivity contribution in [1.82, 2.24) is 9.88 Å². The Kier molecular flexibility index (Phi) is 4.62. The predicted octanol–water partition coefficient (Wildman–Crippen LogP) is 4.12. The molecule has 19 heavy (non-hydrogen) atoms. The van der Waals surface area contributed by atoms with Gasteiger partial charge in [-0.05, 0) is 55.7 Å². The van der Waals surface area contributed by atoms with Crippen molar-refractivity contribution < 1.29 is 0 Å². The van der Waals surface area contributed by atoms with Crippen molar-refractivity contribution in [2.75, 3.05) is 7.05 Å². The topological polar surface area (TPSA) is 16.1 Å². The van der Waals surface area contributed by atoms with Gasteiger partial charge in [-0.15, -0.1) is 0 Å². The van der Waals surface area contributed by atoms with Crippen LogP contribution in [-0.2, 0) is 6.54 Å². The first-order valence-corrected chi connectivity index (χ1v) is 7.56. The third-order valence-electron chi connectivity index (χ3n) is 4.70. The quantitative estimate of drug-likeness (QED) is 0.812. The average Bonchev–Trinajstić information content (AvgIpc) is 2.39. The van der Waals surface area contributed by atoms with Gasteiger partial charge in [0.25, 0.3) is 0 Å². The fourth-order valence-electron chi connectivity index (χ4n) is 3.29. The molecule has 1 fully saturated rings. The monoisotopic (exact) mass is 260 g/mol. The molecule has 0 aromatic carbocycles. The Morgan fingerprint density at radius 3 is 2.42 bits per heavy atom. The Morgan fingerprint density at radius 2 is 1.89 bits per heavy atom. The molecule has 1 aliphatic rings. The van der Waals surface area contributed by atoms with Crippen LogP contribution in [0.15, 0.2) is 24.5 Å². The number of pyridine rings is 1. The second-order valence-corrected chi connectivity index (χ2v) is 7.15. The molecule has 0 radical (unpaired) electrons. The smallest absolute Gasteiger partial charge is 0.0312 e. The van der Waals surface area contributed by atoms with Crippen LogP contribution in [0.2, 0.25) is 0 Å². The van der Waals surface area contributed by atoms with E-state index in [9.17, 15) is 0 Å². The second kappa shape index (κ2) is 6.04. The van der Waals surface area contributed by atoms with Crippen molar-refractivity contribution >= 4 is 0 Å². The van der Waals surface area contributed by atoms with Crippen LogP contribution >= 0.6 is 0 Å². The van der Waals surface area contributed by atoms with Crippen LogP contribution in [0.5, 0.6) is 0 Å². The highest BCUT2D eigenvalue weighted by Crippen LogP contribution is 2.38. The molecule has 0 atom stereocenters. The first kappa shape index (κ1) is 14.5. The van der Waals surface area contributed by atoms with Crippen molar-refractivity contribution in [2.45, 2.75) is 59.0 Å². The molecule has 0 spiro atoms. The summed E-state index contributed by atoms with van der Waals surface area (Å²) >= 11 is 0. The van der Waals surface area contributed by atoms with Crippen LogP contribution in [-0.4, -0.2) is 23.0 Å². The van der Waals surface area contributed by atoms with Gasteiger partial charge >= 0.3 is 0 Å². The minimum atomic E-state index is 0.479. The Hall–Kier alpha value is -0.890. The number of rotatable bonds is 3. The molecule has 0 unspecified atom stereocenters. The molecular formula is C17H28N2. The Balaban J connectivity index is 1.84. The van der Waals surface area contributed by atoms with Gasteiger partial charge in [0.15, 0.2) is 0 Å². The number of aromatic nitrogens is 1. The highest BCUT2D eigenvalue weighted by Gasteiger charge is 2.30. The lowest BCUT2D eigenvalue weighted by Crippen LogP contribution is -2.37. The van der Waals surface area contributed by atoms with Gasteiger partial charge in [-0.2, -0.15) is 0 Å². The van der Waals surface area contributed by atoms with Gasteiger partial charge in [0, 0.05) is 25.0 Å². The van der Waals surface area contributed by atoms with E-state index in [4.69, 9.17) is 0 Å². The molecule has 0 amide bonds. The third-order valence-corrected chi connectivity index (χ3v) is 4.70. The van der Waals surface area contributed by atoms with E-state index < -0.39 is 0 Å². The van der Waals surface area contributed by atoms with Crippen molar-refractivity contribution in [3.63, 3.8) is 0 Å². The molecule has 0 bridgehead atoms. The molecule has 2 nitrogen and oxygen atoms in total. The van der Waals surface area contributed by atoms with Crippen molar-refractivity contribution in [3.8, 4) is 0 Å². The minimum absolute atomic E-state index is 0.479. The van der Waals surface area contributed by atoms with E-state index in [0.717, 1.165) is 18.5 Å². The summed E-state index contributed by atoms with van der Waals surface area (Å²) < 4.78 is 0. The Labute approximate surface area is 118 Å². The van der Waals surface area contributed by atoms with Crippen molar-refractivity contribution in [2.24, 2.45) is 11.3 Å². The van der Waals surface area contributed by atoms with Crippen LogP contribution in [0.25, 0.3) is 0 Å². The average molecular weight is 260 g/mol. The molecule has 1 heterocycles. The van der Waals surface area contributed by atoms with E-state index in [-0.39, 0.29) is 0 Å². The summed E-state index contributed by atoms with van der Waals surface area (Å²) in [6.07, 6.45) is 9.28. The second-order valence-electron chi connectivity index (χ2n) is 7.15. The predicted molar refractivity (Wildman–Crippen MR) is 80.9 cm³/mol. The van der Waals surface area contributed by atoms with E-state index in [1.54, 1.807) is 0 Å². The molecule has 106 valence electrons. The fourth-order valence-corrected chi connectivity index (χ4v) is 3.29. The van der Waals surface area contributed by atoms with Crippen LogP contribution in [0, 0.1) is 11.3 Å². The first-order chi connectivity index (χ1) is 8.97. The molecular weight excluding hydrogens is 232 g/mol. The zero-order valence-electron chi connectivity index (χ0n) is 12.9. The normalized spacial score (nSPS) is 24.7. The summed E-state index contributed by atoms with van der Waals surface area (Å²) in [5, 5.41) is 0. The van der Waals surface area contributed by atoms with E-state index in [1.807, 2.05) is 18.5 Å². The summed E-state index contributed by atoms with van der Waals surface area (Å²) in [7, 11) is 2.26. The van der Waals surface area contributed by atoms with E-state index >= 15 is 0 Å². The molecule has 0 aliphatic heterocycles. The van der Waals surface area contributed by atoms with Crippen LogP contribution in [0.4, 0.5) is 0 Å². The molecule has 1 saturated carbocycles. The number of hydrogen-bond acceptors (Lipinski definition) is 2. The summed E-state index contributed by atoms with van der Waals surface area (Å²) in [5.41, 5.74) is 1.80. The van der Waals surface area contributed by atoms with Gasteiger partial charge in [-0.3, -0.25) is 9.88 Å². The lowest BCUT2D eigenvalue weighted by atomic mass is 9.71. The summed E-state index contributed by atoms with van der Waals surface area (Å²) in [5.74, 6) is 0.899. The van der Waals surface area contributed by atoms with Gasteiger partial charge < -0.3 is 0 Å². The van der Waals surface area contributed by atoms with Crippen molar-refractivity contribution in [1.29, 1.82) is 0 Å². The van der Waals surface area contributed by atoms with Gasteiger partial charge in [-0.25, -0.2) is 0 Å². The highest BCUT2D eigenvalue weighted by atomic mass is 15.1. The van der Waals surface area contributed by atoms with E-state index in [0.29, 0.717) is 5.41 Å². The van der Waals surface area contributed by atoms with Crippen LogP contribution in [0.3, 0.4) is 0 Å². The first-order valence-electron chi connectivity index (χ1n) is 7.56. The number of hydrogen-bond donors (Lipinski definition) is 0. The molecule has 1 aromatic rings. The maximum Gasteiger partial charge on any atom is 0.0312 e. The highest BCUT2D eigenvalue weighted by molar-refractivity contribution is 5.08. The lowest BCUT2D eigenvalue weighted by Gasteiger charge is -2.40. The summed E-state index contributed by atoms with van der Waals surface area (Å²) in [6, 6.07) is 4.95. The van der Waals surface area contributed by atoms with Gasteiger partial charge in [0.05, 0.1) is 0 Å². The Morgan fingerprint density at radius 1 is 1.21 bits per heavy atom. The standard InChI is InChI=1S/C17H28N2/c1-17(2,3)15-7-9-16(10-8-15)19(4)13-14-6-5-11-18-12-14/h5-6,11-12,15-16H,7-10,13H2,1-4H3/t15-,16-. The van der Waals surface area contributed by atoms with E-state index in [1.165, 1.54) is 31.2 Å². The maximum absolute atomic E-state index is 4.20. The van der Waals surface area contributed by atoms with E-state index in [2.05, 4.69) is 43.8 Å². The van der Waals surface area contributed by atoms with Gasteiger partial charge in [0.2, 0.25) is 0 Å².